The van der Waals surface area contributed by atoms with E-state index < -0.39 is 67.2 Å². The molecule has 26 heavy (non-hydrogen) atoms. The lowest BCUT2D eigenvalue weighted by molar-refractivity contribution is -0.137. The molecule has 1 atom stereocenters. The summed E-state index contributed by atoms with van der Waals surface area (Å²) in [7, 11) is 0. The molecule has 3 aromatic rings. The SMILES string of the molecule is [2H]c1c([2H])c(C(F)(F)F)c([2H])c(C([2H])([2H])CCN[C@@H](c2cccc3ccccc23)C([2H])([2H])[2H])c1[2H]. The highest BCUT2D eigenvalue weighted by molar-refractivity contribution is 5.86. The molecule has 0 heterocycles. The number of nitrogens with one attached hydrogen (secondary N) is 1. The number of hydrogen-bond acceptors (Lipinski definition) is 1. The summed E-state index contributed by atoms with van der Waals surface area (Å²) in [5, 5.41) is 4.25. The Morgan fingerprint density at radius 3 is 2.77 bits per heavy atom. The van der Waals surface area contributed by atoms with Crippen LogP contribution in [0.25, 0.3) is 10.8 Å². The predicted octanol–water partition coefficient (Wildman–Crippen LogP) is 6.14. The molecule has 3 aromatic carbocycles. The molecule has 0 aliphatic carbocycles. The Bertz CT molecular complexity index is 1230. The Morgan fingerprint density at radius 2 is 1.96 bits per heavy atom. The van der Waals surface area contributed by atoms with E-state index in [0.29, 0.717) is 10.9 Å². The van der Waals surface area contributed by atoms with Crippen LogP contribution in [0.5, 0.6) is 0 Å². The molecule has 1 nitrogen and oxygen atoms in total. The minimum absolute atomic E-state index is 0.310. The minimum Gasteiger partial charge on any atom is -0.310 e. The van der Waals surface area contributed by atoms with Crippen LogP contribution < -0.4 is 5.32 Å². The fourth-order valence-corrected chi connectivity index (χ4v) is 2.59. The van der Waals surface area contributed by atoms with Crippen molar-refractivity contribution in [1.82, 2.24) is 5.32 Å². The van der Waals surface area contributed by atoms with Crippen LogP contribution in [-0.2, 0) is 12.5 Å². The van der Waals surface area contributed by atoms with Gasteiger partial charge >= 0.3 is 6.18 Å². The molecule has 1 N–H and O–H groups in total. The second kappa shape index (κ2) is 7.92. The van der Waals surface area contributed by atoms with E-state index in [1.54, 1.807) is 30.3 Å². The highest BCUT2D eigenvalue weighted by Crippen LogP contribution is 2.29. The summed E-state index contributed by atoms with van der Waals surface area (Å²) in [4.78, 5) is 0. The van der Waals surface area contributed by atoms with Crippen molar-refractivity contribution in [2.75, 3.05) is 6.54 Å². The van der Waals surface area contributed by atoms with Gasteiger partial charge in [0.2, 0.25) is 0 Å². The normalized spacial score (nSPS) is 19.1. The molecule has 0 radical (unpaired) electrons. The number of halogens is 3. The van der Waals surface area contributed by atoms with E-state index in [4.69, 9.17) is 12.3 Å². The Morgan fingerprint density at radius 1 is 1.15 bits per heavy atom. The Balaban J connectivity index is 1.94. The first kappa shape index (κ1) is 10.1. The smallest absolute Gasteiger partial charge is 0.310 e. The topological polar surface area (TPSA) is 12.0 Å². The summed E-state index contributed by atoms with van der Waals surface area (Å²) in [5.41, 5.74) is -2.29. The fourth-order valence-electron chi connectivity index (χ4n) is 2.59. The summed E-state index contributed by atoms with van der Waals surface area (Å²) < 4.78 is 112. The highest BCUT2D eigenvalue weighted by atomic mass is 19.4. The van der Waals surface area contributed by atoms with E-state index in [2.05, 4.69) is 5.32 Å². The van der Waals surface area contributed by atoms with Crippen molar-refractivity contribution >= 4 is 10.8 Å². The van der Waals surface area contributed by atoms with Gasteiger partial charge in [-0.05, 0) is 54.1 Å². The number of rotatable bonds is 6. The number of alkyl halides is 3. The van der Waals surface area contributed by atoms with E-state index in [0.717, 1.165) is 5.39 Å². The summed E-state index contributed by atoms with van der Waals surface area (Å²) in [5.74, 6) is 0. The molecule has 136 valence electrons. The van der Waals surface area contributed by atoms with Crippen molar-refractivity contribution in [3.8, 4) is 0 Å². The van der Waals surface area contributed by atoms with Gasteiger partial charge in [-0.1, -0.05) is 60.6 Å². The van der Waals surface area contributed by atoms with Crippen LogP contribution >= 0.6 is 0 Å². The Labute approximate surface area is 164 Å². The third-order valence-electron chi connectivity index (χ3n) is 3.82. The molecule has 0 aliphatic rings. The monoisotopic (exact) mass is 366 g/mol. The Hall–Kier alpha value is -2.33. The van der Waals surface area contributed by atoms with Crippen molar-refractivity contribution in [3.05, 3.63) is 83.3 Å². The predicted molar refractivity (Wildman–Crippen MR) is 100 cm³/mol. The molecular formula is C22H22F3N. The average molecular weight is 366 g/mol. The van der Waals surface area contributed by atoms with Gasteiger partial charge in [0.05, 0.1) is 11.0 Å². The van der Waals surface area contributed by atoms with Gasteiger partial charge in [0, 0.05) is 12.9 Å². The highest BCUT2D eigenvalue weighted by Gasteiger charge is 2.30. The van der Waals surface area contributed by atoms with E-state index in [9.17, 15) is 13.2 Å². The molecular weight excluding hydrogens is 335 g/mol. The molecule has 0 aromatic heterocycles. The van der Waals surface area contributed by atoms with Gasteiger partial charge in [-0.15, -0.1) is 0 Å². The molecule has 0 amide bonds. The summed E-state index contributed by atoms with van der Waals surface area (Å²) in [6, 6.07) is 6.19. The molecule has 0 unspecified atom stereocenters. The number of benzene rings is 3. The van der Waals surface area contributed by atoms with Gasteiger partial charge < -0.3 is 5.32 Å². The third kappa shape index (κ3) is 4.44. The quantitative estimate of drug-likeness (QED) is 0.552. The first-order valence-corrected chi connectivity index (χ1v) is 7.96. The van der Waals surface area contributed by atoms with E-state index in [-0.39, 0.29) is 6.54 Å². The molecule has 0 aliphatic heterocycles. The largest absolute Gasteiger partial charge is 0.416 e. The van der Waals surface area contributed by atoms with Gasteiger partial charge in [-0.25, -0.2) is 0 Å². The van der Waals surface area contributed by atoms with Crippen molar-refractivity contribution in [3.63, 3.8) is 0 Å². The van der Waals surface area contributed by atoms with Crippen LogP contribution in [0.3, 0.4) is 0 Å². The third-order valence-corrected chi connectivity index (χ3v) is 3.82. The van der Waals surface area contributed by atoms with Gasteiger partial charge in [-0.3, -0.25) is 0 Å². The maximum absolute atomic E-state index is 13.4. The van der Waals surface area contributed by atoms with Crippen LogP contribution in [0, 0.1) is 0 Å². The second-order valence-electron chi connectivity index (χ2n) is 5.63. The van der Waals surface area contributed by atoms with Gasteiger partial charge in [0.1, 0.15) is 0 Å². The average Bonchev–Trinajstić information content (AvgIpc) is 2.73. The molecule has 0 spiro atoms. The standard InChI is InChI=1S/C22H22F3N/c1-16(20-13-5-10-18-9-2-3-12-21(18)20)26-14-6-8-17-7-4-11-19(15-17)22(23,24)25/h2-5,7,9-13,15-16,26H,6,8,14H2,1H3/t16-/m1/s1/i1D3,4D,7D,8D2,11D,15D. The number of hydrogen-bond donors (Lipinski definition) is 1. The molecule has 0 saturated heterocycles. The van der Waals surface area contributed by atoms with Crippen LogP contribution in [0.4, 0.5) is 13.2 Å². The molecule has 3 rings (SSSR count). The van der Waals surface area contributed by atoms with E-state index >= 15 is 0 Å². The lowest BCUT2D eigenvalue weighted by atomic mass is 9.99. The van der Waals surface area contributed by atoms with Crippen LogP contribution in [0.15, 0.2) is 66.6 Å². The van der Waals surface area contributed by atoms with Crippen molar-refractivity contribution in [2.24, 2.45) is 0 Å². The van der Waals surface area contributed by atoms with Crippen LogP contribution in [0.1, 0.15) is 48.3 Å². The zero-order valence-electron chi connectivity index (χ0n) is 22.7. The molecule has 0 saturated carbocycles. The number of fused-ring (bicyclic) bond motifs is 1. The van der Waals surface area contributed by atoms with Gasteiger partial charge in [0.25, 0.3) is 0 Å². The second-order valence-corrected chi connectivity index (χ2v) is 5.63. The first-order valence-electron chi connectivity index (χ1n) is 12.5. The van der Waals surface area contributed by atoms with Crippen molar-refractivity contribution < 1.29 is 25.5 Å². The molecule has 0 fully saturated rings. The molecule has 0 bridgehead atoms. The maximum atomic E-state index is 13.4. The van der Waals surface area contributed by atoms with Gasteiger partial charge in [0.15, 0.2) is 0 Å². The first-order chi connectivity index (χ1) is 16.1. The van der Waals surface area contributed by atoms with E-state index in [1.807, 2.05) is 12.1 Å². The Kier molecular flexibility index (Phi) is 3.08. The summed E-state index contributed by atoms with van der Waals surface area (Å²) in [6.45, 7) is -2.85. The zero-order chi connectivity index (χ0) is 26.3. The molecule has 4 heteroatoms. The van der Waals surface area contributed by atoms with E-state index in [1.165, 1.54) is 0 Å². The van der Waals surface area contributed by atoms with Crippen molar-refractivity contribution in [1.29, 1.82) is 0 Å². The van der Waals surface area contributed by atoms with Crippen LogP contribution in [-0.4, -0.2) is 6.54 Å². The maximum Gasteiger partial charge on any atom is 0.416 e. The zero-order valence-corrected chi connectivity index (χ0v) is 13.7. The van der Waals surface area contributed by atoms with Crippen LogP contribution in [0.2, 0.25) is 0 Å². The fraction of sp³-hybridized carbons (Fsp3) is 0.273. The van der Waals surface area contributed by atoms with Gasteiger partial charge in [-0.2, -0.15) is 13.2 Å². The van der Waals surface area contributed by atoms with Crippen molar-refractivity contribution in [2.45, 2.75) is 31.9 Å². The summed E-state index contributed by atoms with van der Waals surface area (Å²) >= 11 is 0. The summed E-state index contributed by atoms with van der Waals surface area (Å²) in [6.07, 6.45) is -8.43. The lowest BCUT2D eigenvalue weighted by Gasteiger charge is -2.17. The lowest BCUT2D eigenvalue weighted by Crippen LogP contribution is -2.20. The minimum atomic E-state index is -5.18.